The summed E-state index contributed by atoms with van der Waals surface area (Å²) in [6.07, 6.45) is 3.92. The van der Waals surface area contributed by atoms with E-state index in [0.29, 0.717) is 0 Å². The van der Waals surface area contributed by atoms with E-state index in [2.05, 4.69) is 0 Å². The molecule has 2 atom stereocenters. The van der Waals surface area contributed by atoms with Gasteiger partial charge in [-0.2, -0.15) is 0 Å². The Labute approximate surface area is 57.4 Å². The molecule has 0 spiro atoms. The minimum absolute atomic E-state index is 1.20. The fourth-order valence-electron chi connectivity index (χ4n) is 0.579. The molecule has 0 aliphatic heterocycles. The van der Waals surface area contributed by atoms with Crippen molar-refractivity contribution in [2.75, 3.05) is 0 Å². The summed E-state index contributed by atoms with van der Waals surface area (Å²) in [6, 6.07) is 0. The molecule has 0 bridgehead atoms. The van der Waals surface area contributed by atoms with Gasteiger partial charge < -0.3 is 5.11 Å². The Kier molecular flexibility index (Phi) is 1.60. The van der Waals surface area contributed by atoms with Crippen molar-refractivity contribution in [1.82, 2.24) is 0 Å². The van der Waals surface area contributed by atoms with Gasteiger partial charge in [-0.3, -0.25) is 0 Å². The minimum Gasteiger partial charge on any atom is -0.369 e. The molecule has 0 saturated carbocycles. The number of allylic oxidation sites excluding steroid dienone is 2. The second-order valence-corrected chi connectivity index (χ2v) is 2.48. The molecule has 0 aromatic carbocycles. The first-order chi connectivity index (χ1) is 4.13. The molecule has 0 fully saturated rings. The molecule has 0 unspecified atom stereocenters. The molecular weight excluding hydrogens is 143 g/mol. The molecule has 0 saturated heterocycles. The lowest BCUT2D eigenvalue weighted by Gasteiger charge is -2.20. The Morgan fingerprint density at radius 3 is 2.56 bits per heavy atom. The van der Waals surface area contributed by atoms with Crippen molar-refractivity contribution in [2.45, 2.75) is 11.2 Å². The molecule has 1 nitrogen and oxygen atoms in total. The van der Waals surface area contributed by atoms with Crippen LogP contribution in [0.3, 0.4) is 0 Å². The van der Waals surface area contributed by atoms with Gasteiger partial charge in [-0.1, -0.05) is 23.8 Å². The van der Waals surface area contributed by atoms with Crippen LogP contribution in [0, 0.1) is 0 Å². The van der Waals surface area contributed by atoms with Crippen molar-refractivity contribution in [3.05, 3.63) is 24.3 Å². The zero-order valence-electron chi connectivity index (χ0n) is 4.59. The summed E-state index contributed by atoms with van der Waals surface area (Å²) in [7, 11) is 0. The van der Waals surface area contributed by atoms with E-state index in [1.165, 1.54) is 24.3 Å². The van der Waals surface area contributed by atoms with Crippen molar-refractivity contribution in [3.8, 4) is 0 Å². The molecule has 1 rings (SSSR count). The molecule has 0 aromatic heterocycles. The van der Waals surface area contributed by atoms with Gasteiger partial charge >= 0.3 is 0 Å². The van der Waals surface area contributed by atoms with Crippen LogP contribution in [0.1, 0.15) is 0 Å². The highest BCUT2D eigenvalue weighted by molar-refractivity contribution is 6.24. The third-order valence-electron chi connectivity index (χ3n) is 1.11. The summed E-state index contributed by atoms with van der Waals surface area (Å²) >= 11 is 5.26. The molecule has 9 heavy (non-hydrogen) atoms. The van der Waals surface area contributed by atoms with E-state index in [4.69, 9.17) is 16.7 Å². The monoisotopic (exact) mass is 148 g/mol. The van der Waals surface area contributed by atoms with Gasteiger partial charge in [0.2, 0.25) is 0 Å². The second-order valence-electron chi connectivity index (χ2n) is 1.87. The fourth-order valence-corrected chi connectivity index (χ4v) is 0.725. The third-order valence-corrected chi connectivity index (χ3v) is 1.44. The SMILES string of the molecule is O[C@]1(Cl)C=CC=C[C@@H]1F. The van der Waals surface area contributed by atoms with Crippen LogP contribution in [-0.2, 0) is 0 Å². The Morgan fingerprint density at radius 2 is 2.22 bits per heavy atom. The van der Waals surface area contributed by atoms with E-state index in [9.17, 15) is 4.39 Å². The van der Waals surface area contributed by atoms with Crippen molar-refractivity contribution in [1.29, 1.82) is 0 Å². The Morgan fingerprint density at radius 1 is 1.56 bits per heavy atom. The highest BCUT2D eigenvalue weighted by atomic mass is 35.5. The average Bonchev–Trinajstić information content (AvgIpc) is 1.77. The lowest BCUT2D eigenvalue weighted by molar-refractivity contribution is 0.103. The molecule has 50 valence electrons. The van der Waals surface area contributed by atoms with Crippen molar-refractivity contribution >= 4 is 11.6 Å². The predicted molar refractivity (Wildman–Crippen MR) is 34.0 cm³/mol. The van der Waals surface area contributed by atoms with Crippen LogP contribution in [0.4, 0.5) is 4.39 Å². The predicted octanol–water partition coefficient (Wildman–Crippen LogP) is 1.38. The van der Waals surface area contributed by atoms with Gasteiger partial charge in [0.25, 0.3) is 0 Å². The standard InChI is InChI=1S/C6H6ClFO/c7-6(9)4-2-1-3-5(6)8/h1-5,9H/t5-,6+/m0/s1. The molecule has 1 aliphatic carbocycles. The lowest BCUT2D eigenvalue weighted by atomic mass is 10.1. The van der Waals surface area contributed by atoms with Crippen molar-refractivity contribution < 1.29 is 9.50 Å². The summed E-state index contributed by atoms with van der Waals surface area (Å²) in [5, 5.41) is 7.07. The molecule has 3 heteroatoms. The molecule has 1 N–H and O–H groups in total. The Balaban J connectivity index is 2.78. The number of rotatable bonds is 0. The number of halogens is 2. The van der Waals surface area contributed by atoms with Gasteiger partial charge in [-0.05, 0) is 12.2 Å². The van der Waals surface area contributed by atoms with Gasteiger partial charge in [0.1, 0.15) is 0 Å². The van der Waals surface area contributed by atoms with E-state index in [0.717, 1.165) is 0 Å². The summed E-state index contributed by atoms with van der Waals surface area (Å²) in [5.41, 5.74) is 0. The van der Waals surface area contributed by atoms with Gasteiger partial charge in [0.05, 0.1) is 0 Å². The zero-order valence-corrected chi connectivity index (χ0v) is 5.35. The van der Waals surface area contributed by atoms with Crippen LogP contribution in [0.2, 0.25) is 0 Å². The van der Waals surface area contributed by atoms with E-state index in [1.807, 2.05) is 0 Å². The number of aliphatic hydroxyl groups is 1. The first kappa shape index (κ1) is 6.78. The van der Waals surface area contributed by atoms with Crippen molar-refractivity contribution in [2.24, 2.45) is 0 Å². The highest BCUT2D eigenvalue weighted by Gasteiger charge is 2.31. The number of hydrogen-bond donors (Lipinski definition) is 1. The van der Waals surface area contributed by atoms with Crippen LogP contribution in [0.25, 0.3) is 0 Å². The normalized spacial score (nSPS) is 41.4. The van der Waals surface area contributed by atoms with E-state index >= 15 is 0 Å². The van der Waals surface area contributed by atoms with Gasteiger partial charge in [0, 0.05) is 0 Å². The van der Waals surface area contributed by atoms with Gasteiger partial charge in [-0.15, -0.1) is 0 Å². The topological polar surface area (TPSA) is 20.2 Å². The second kappa shape index (κ2) is 2.12. The summed E-state index contributed by atoms with van der Waals surface area (Å²) < 4.78 is 12.4. The van der Waals surface area contributed by atoms with E-state index in [-0.39, 0.29) is 0 Å². The Hall–Kier alpha value is -0.340. The number of hydrogen-bond acceptors (Lipinski definition) is 1. The van der Waals surface area contributed by atoms with Crippen LogP contribution in [0.5, 0.6) is 0 Å². The van der Waals surface area contributed by atoms with Crippen LogP contribution in [-0.4, -0.2) is 16.3 Å². The van der Waals surface area contributed by atoms with Gasteiger partial charge in [0.15, 0.2) is 11.2 Å². The molecule has 1 aliphatic rings. The smallest absolute Gasteiger partial charge is 0.192 e. The fraction of sp³-hybridized carbons (Fsp3) is 0.333. The maximum atomic E-state index is 12.4. The van der Waals surface area contributed by atoms with E-state index < -0.39 is 11.2 Å². The molecule has 0 amide bonds. The zero-order chi connectivity index (χ0) is 6.91. The molecule has 0 aromatic rings. The van der Waals surface area contributed by atoms with Crippen LogP contribution < -0.4 is 0 Å². The maximum absolute atomic E-state index is 12.4. The minimum atomic E-state index is -1.82. The van der Waals surface area contributed by atoms with Crippen LogP contribution >= 0.6 is 11.6 Å². The van der Waals surface area contributed by atoms with E-state index in [1.54, 1.807) is 0 Å². The lowest BCUT2D eigenvalue weighted by Crippen LogP contribution is -2.30. The quantitative estimate of drug-likeness (QED) is 0.515. The molecular formula is C6H6ClFO. The average molecular weight is 149 g/mol. The highest BCUT2D eigenvalue weighted by Crippen LogP contribution is 2.24. The largest absolute Gasteiger partial charge is 0.369 e. The summed E-state index contributed by atoms with van der Waals surface area (Å²) in [5.74, 6) is 0. The third kappa shape index (κ3) is 1.32. The number of alkyl halides is 2. The molecule has 0 radical (unpaired) electrons. The Bertz CT molecular complexity index is 162. The van der Waals surface area contributed by atoms with Gasteiger partial charge in [-0.25, -0.2) is 4.39 Å². The molecule has 0 heterocycles. The summed E-state index contributed by atoms with van der Waals surface area (Å²) in [6.45, 7) is 0. The first-order valence-corrected chi connectivity index (χ1v) is 2.92. The summed E-state index contributed by atoms with van der Waals surface area (Å²) in [4.78, 5) is 0. The maximum Gasteiger partial charge on any atom is 0.192 e. The first-order valence-electron chi connectivity index (χ1n) is 2.54. The van der Waals surface area contributed by atoms with Crippen LogP contribution in [0.15, 0.2) is 24.3 Å². The van der Waals surface area contributed by atoms with Crippen molar-refractivity contribution in [3.63, 3.8) is 0 Å².